The zero-order valence-corrected chi connectivity index (χ0v) is 16.6. The molecule has 26 heavy (non-hydrogen) atoms. The molecular weight excluding hydrogens is 329 g/mol. The van der Waals surface area contributed by atoms with E-state index < -0.39 is 18.3 Å². The first-order chi connectivity index (χ1) is 12.2. The first-order valence-electron chi connectivity index (χ1n) is 9.51. The number of carbonyl (C=O) groups excluding carboxylic acids is 1. The van der Waals surface area contributed by atoms with Gasteiger partial charge in [-0.3, -0.25) is 4.79 Å². The van der Waals surface area contributed by atoms with Crippen LogP contribution in [0, 0.1) is 0 Å². The third kappa shape index (κ3) is 3.62. The van der Waals surface area contributed by atoms with Gasteiger partial charge in [0.2, 0.25) is 0 Å². The quantitative estimate of drug-likeness (QED) is 0.594. The van der Waals surface area contributed by atoms with Crippen LogP contribution >= 0.6 is 0 Å². The van der Waals surface area contributed by atoms with E-state index in [-0.39, 0.29) is 18.2 Å². The maximum absolute atomic E-state index is 12.2. The topological polar surface area (TPSA) is 48.0 Å². The minimum atomic E-state index is -0.483. The molecule has 2 fully saturated rings. The molecule has 2 saturated heterocycles. The van der Waals surface area contributed by atoms with Crippen molar-refractivity contribution in [1.82, 2.24) is 0 Å². The van der Waals surface area contributed by atoms with Crippen molar-refractivity contribution in [3.8, 4) is 0 Å². The molecule has 0 saturated carbocycles. The maximum Gasteiger partial charge on any atom is 0.466 e. The Morgan fingerprint density at radius 2 is 1.73 bits per heavy atom. The van der Waals surface area contributed by atoms with E-state index in [0.717, 1.165) is 18.7 Å². The second-order valence-electron chi connectivity index (χ2n) is 8.26. The van der Waals surface area contributed by atoms with E-state index in [1.54, 1.807) is 0 Å². The van der Waals surface area contributed by atoms with Gasteiger partial charge in [0.25, 0.3) is 0 Å². The Morgan fingerprint density at radius 1 is 1.15 bits per heavy atom. The van der Waals surface area contributed by atoms with Crippen LogP contribution in [0.5, 0.6) is 0 Å². The van der Waals surface area contributed by atoms with Gasteiger partial charge in [0.15, 0.2) is 0 Å². The Bertz CT molecular complexity index is 639. The lowest BCUT2D eigenvalue weighted by Crippen LogP contribution is -2.41. The molecule has 0 radical (unpaired) electrons. The smallest absolute Gasteiger partial charge is 0.466 e. The summed E-state index contributed by atoms with van der Waals surface area (Å²) in [5.74, 6) is -0.457. The largest absolute Gasteiger partial charge is 0.469 e. The average molecular weight is 359 g/mol. The van der Waals surface area contributed by atoms with Gasteiger partial charge in [-0.15, -0.1) is 0 Å². The zero-order valence-electron chi connectivity index (χ0n) is 16.6. The Kier molecular flexibility index (Phi) is 5.36. The van der Waals surface area contributed by atoms with Crippen molar-refractivity contribution in [3.05, 3.63) is 29.8 Å². The second kappa shape index (κ2) is 7.24. The van der Waals surface area contributed by atoms with E-state index in [1.807, 2.05) is 33.8 Å². The van der Waals surface area contributed by atoms with Crippen LogP contribution in [-0.4, -0.2) is 44.5 Å². The molecule has 6 heteroatoms. The molecule has 1 atom stereocenters. The number of rotatable bonds is 5. The number of ether oxygens (including phenoxy) is 1. The number of benzene rings is 1. The SMILES string of the molecule is COC(=O)CC(B1OC(C)(C)C(C)(C)O1)c1ccccc1N1CCCC1. The van der Waals surface area contributed by atoms with Crippen molar-refractivity contribution >= 4 is 18.8 Å². The average Bonchev–Trinajstić information content (AvgIpc) is 3.19. The lowest BCUT2D eigenvalue weighted by molar-refractivity contribution is -0.140. The Balaban J connectivity index is 1.97. The van der Waals surface area contributed by atoms with E-state index in [0.29, 0.717) is 0 Å². The molecule has 3 rings (SSSR count). The van der Waals surface area contributed by atoms with E-state index >= 15 is 0 Å². The number of hydrogen-bond donors (Lipinski definition) is 0. The Morgan fingerprint density at radius 3 is 2.31 bits per heavy atom. The van der Waals surface area contributed by atoms with Crippen molar-refractivity contribution in [1.29, 1.82) is 0 Å². The maximum atomic E-state index is 12.2. The Labute approximate surface area is 157 Å². The van der Waals surface area contributed by atoms with Crippen LogP contribution in [-0.2, 0) is 18.8 Å². The molecule has 1 aromatic rings. The highest BCUT2D eigenvalue weighted by molar-refractivity contribution is 6.48. The van der Waals surface area contributed by atoms with Gasteiger partial charge >= 0.3 is 13.1 Å². The molecule has 1 unspecified atom stereocenters. The van der Waals surface area contributed by atoms with Gasteiger partial charge in [-0.25, -0.2) is 0 Å². The molecule has 2 aliphatic rings. The van der Waals surface area contributed by atoms with Crippen LogP contribution in [0.2, 0.25) is 0 Å². The summed E-state index contributed by atoms with van der Waals surface area (Å²) >= 11 is 0. The third-order valence-electron chi connectivity index (χ3n) is 6.00. The van der Waals surface area contributed by atoms with Crippen LogP contribution in [0.1, 0.15) is 58.3 Å². The fourth-order valence-corrected chi connectivity index (χ4v) is 3.72. The molecule has 2 heterocycles. The van der Waals surface area contributed by atoms with Gasteiger partial charge in [0.05, 0.1) is 24.7 Å². The number of nitrogens with zero attached hydrogens (tertiary/aromatic N) is 1. The van der Waals surface area contributed by atoms with Gasteiger partial charge in [-0.1, -0.05) is 18.2 Å². The van der Waals surface area contributed by atoms with E-state index in [1.165, 1.54) is 25.6 Å². The van der Waals surface area contributed by atoms with Crippen LogP contribution < -0.4 is 4.90 Å². The lowest BCUT2D eigenvalue weighted by atomic mass is 9.65. The van der Waals surface area contributed by atoms with Gasteiger partial charge in [0.1, 0.15) is 0 Å². The first kappa shape index (κ1) is 19.2. The molecule has 1 aromatic carbocycles. The Hall–Kier alpha value is -1.53. The van der Waals surface area contributed by atoms with Gasteiger partial charge < -0.3 is 18.9 Å². The highest BCUT2D eigenvalue weighted by Gasteiger charge is 2.54. The standard InChI is InChI=1S/C20H30BNO4/c1-19(2)20(3,4)26-21(25-19)16(14-18(23)24-5)15-10-6-7-11-17(15)22-12-8-9-13-22/h6-7,10-11,16H,8-9,12-14H2,1-5H3. The predicted octanol–water partition coefficient (Wildman–Crippen LogP) is 3.56. The number of carbonyl (C=O) groups is 1. The number of esters is 1. The van der Waals surface area contributed by atoms with E-state index in [9.17, 15) is 4.79 Å². The van der Waals surface area contributed by atoms with Crippen molar-refractivity contribution < 1.29 is 18.8 Å². The van der Waals surface area contributed by atoms with E-state index in [4.69, 9.17) is 14.0 Å². The summed E-state index contributed by atoms with van der Waals surface area (Å²) in [7, 11) is 0.943. The number of hydrogen-bond acceptors (Lipinski definition) is 5. The second-order valence-corrected chi connectivity index (χ2v) is 8.26. The molecule has 0 aliphatic carbocycles. The minimum absolute atomic E-state index is 0.208. The molecule has 5 nitrogen and oxygen atoms in total. The fourth-order valence-electron chi connectivity index (χ4n) is 3.72. The molecule has 0 amide bonds. The van der Waals surface area contributed by atoms with Crippen molar-refractivity contribution in [2.24, 2.45) is 0 Å². The van der Waals surface area contributed by atoms with Crippen LogP contribution in [0.25, 0.3) is 0 Å². The number of methoxy groups -OCH3 is 1. The third-order valence-corrected chi connectivity index (χ3v) is 6.00. The highest BCUT2D eigenvalue weighted by Crippen LogP contribution is 2.43. The predicted molar refractivity (Wildman–Crippen MR) is 103 cm³/mol. The summed E-state index contributed by atoms with van der Waals surface area (Å²) in [6.07, 6.45) is 2.64. The van der Waals surface area contributed by atoms with Gasteiger partial charge in [-0.2, -0.15) is 0 Å². The molecule has 2 aliphatic heterocycles. The highest BCUT2D eigenvalue weighted by atomic mass is 16.7. The summed E-state index contributed by atoms with van der Waals surface area (Å²) in [5.41, 5.74) is 1.40. The van der Waals surface area contributed by atoms with Gasteiger partial charge in [-0.05, 0) is 52.2 Å². The molecule has 0 spiro atoms. The van der Waals surface area contributed by atoms with Crippen LogP contribution in [0.4, 0.5) is 5.69 Å². The van der Waals surface area contributed by atoms with Crippen molar-refractivity contribution in [2.75, 3.05) is 25.1 Å². The molecular formula is C20H30BNO4. The normalized spacial score (nSPS) is 22.5. The lowest BCUT2D eigenvalue weighted by Gasteiger charge is -2.32. The van der Waals surface area contributed by atoms with Crippen LogP contribution in [0.3, 0.4) is 0 Å². The monoisotopic (exact) mass is 359 g/mol. The fraction of sp³-hybridized carbons (Fsp3) is 0.650. The summed E-state index contributed by atoms with van der Waals surface area (Å²) in [5, 5.41) is 0. The van der Waals surface area contributed by atoms with Gasteiger partial charge in [0, 0.05) is 24.6 Å². The summed E-state index contributed by atoms with van der Waals surface area (Å²) < 4.78 is 17.6. The van der Waals surface area contributed by atoms with E-state index in [2.05, 4.69) is 23.1 Å². The molecule has 0 N–H and O–H groups in total. The van der Waals surface area contributed by atoms with Crippen LogP contribution in [0.15, 0.2) is 24.3 Å². The molecule has 0 aromatic heterocycles. The summed E-state index contributed by atoms with van der Waals surface area (Å²) in [6.45, 7) is 10.2. The summed E-state index contributed by atoms with van der Waals surface area (Å²) in [6, 6.07) is 8.30. The zero-order chi connectivity index (χ0) is 18.9. The first-order valence-corrected chi connectivity index (χ1v) is 9.51. The minimum Gasteiger partial charge on any atom is -0.469 e. The number of anilines is 1. The van der Waals surface area contributed by atoms with Crippen molar-refractivity contribution in [2.45, 2.75) is 64.0 Å². The number of para-hydroxylation sites is 1. The summed E-state index contributed by atoms with van der Waals surface area (Å²) in [4.78, 5) is 14.6. The molecule has 142 valence electrons. The van der Waals surface area contributed by atoms with Crippen molar-refractivity contribution in [3.63, 3.8) is 0 Å². The molecule has 0 bridgehead atoms.